The quantitative estimate of drug-likeness (QED) is 0.502. The molecule has 0 spiro atoms. The summed E-state index contributed by atoms with van der Waals surface area (Å²) in [5, 5.41) is 0.221. The topological polar surface area (TPSA) is 155 Å². The van der Waals surface area contributed by atoms with Crippen molar-refractivity contribution in [1.82, 2.24) is 14.3 Å². The van der Waals surface area contributed by atoms with E-state index in [-0.39, 0.29) is 57.7 Å². The highest BCUT2D eigenvalue weighted by atomic mass is 32.2. The number of furan rings is 1. The molecule has 2 heterocycles. The second-order valence-corrected chi connectivity index (χ2v) is 9.45. The number of sulfonamides is 1. The molecule has 3 aromatic rings. The molecule has 2 aromatic heterocycles. The van der Waals surface area contributed by atoms with Crippen molar-refractivity contribution in [2.24, 2.45) is 0 Å². The summed E-state index contributed by atoms with van der Waals surface area (Å²) in [6.07, 6.45) is 0. The zero-order chi connectivity index (χ0) is 24.5. The van der Waals surface area contributed by atoms with Crippen LogP contribution in [0, 0.1) is 13.8 Å². The second-order valence-electron chi connectivity index (χ2n) is 7.30. The van der Waals surface area contributed by atoms with Gasteiger partial charge in [-0.05, 0) is 38.5 Å². The summed E-state index contributed by atoms with van der Waals surface area (Å²) in [7, 11) is -0.930. The number of carbonyl (C=O) groups is 2. The van der Waals surface area contributed by atoms with Gasteiger partial charge in [-0.2, -0.15) is 4.98 Å². The van der Waals surface area contributed by atoms with Crippen LogP contribution in [0.1, 0.15) is 44.8 Å². The lowest BCUT2D eigenvalue weighted by Gasteiger charge is -2.13. The van der Waals surface area contributed by atoms with Crippen molar-refractivity contribution in [3.63, 3.8) is 0 Å². The number of rotatable bonds is 7. The minimum absolute atomic E-state index is 0.0267. The molecule has 0 aliphatic carbocycles. The Balaban J connectivity index is 1.87. The first-order chi connectivity index (χ1) is 15.5. The fourth-order valence-electron chi connectivity index (χ4n) is 3.10. The van der Waals surface area contributed by atoms with Crippen molar-refractivity contribution in [3.05, 3.63) is 46.5 Å². The van der Waals surface area contributed by atoms with E-state index >= 15 is 0 Å². The number of ether oxygens (including phenoxy) is 2. The Kier molecular flexibility index (Phi) is 6.70. The first-order valence-corrected chi connectivity index (χ1v) is 11.3. The second kappa shape index (κ2) is 9.16. The first kappa shape index (κ1) is 24.1. The van der Waals surface area contributed by atoms with E-state index in [0.29, 0.717) is 5.56 Å². The molecule has 0 atom stereocenters. The Morgan fingerprint density at radius 2 is 1.82 bits per heavy atom. The third kappa shape index (κ3) is 4.66. The van der Waals surface area contributed by atoms with Crippen LogP contribution in [0.5, 0.6) is 0 Å². The lowest BCUT2D eigenvalue weighted by molar-refractivity contribution is 0.0460. The standard InChI is InChI=1S/C21H24N4O7S/c1-6-30-21(27)16-12(3)32-19-17(16)18(22)23-15(24-19)10-31-20(26)14-9-13(8-7-11(14)2)33(28,29)25(4)5/h7-9H,6,10H2,1-5H3,(H2,22,23,24). The number of benzene rings is 1. The van der Waals surface area contributed by atoms with Gasteiger partial charge in [0.1, 0.15) is 17.1 Å². The number of hydrogen-bond donors (Lipinski definition) is 1. The molecule has 0 unspecified atom stereocenters. The molecule has 0 amide bonds. The van der Waals surface area contributed by atoms with Crippen LogP contribution >= 0.6 is 0 Å². The molecular weight excluding hydrogens is 452 g/mol. The maximum absolute atomic E-state index is 12.7. The average Bonchev–Trinajstić information content (AvgIpc) is 3.08. The molecule has 3 rings (SSSR count). The van der Waals surface area contributed by atoms with Crippen LogP contribution in [0.4, 0.5) is 5.82 Å². The van der Waals surface area contributed by atoms with E-state index in [9.17, 15) is 18.0 Å². The number of nitrogens with two attached hydrogens (primary N) is 1. The SMILES string of the molecule is CCOC(=O)c1c(C)oc2nc(COC(=O)c3cc(S(=O)(=O)N(C)C)ccc3C)nc(N)c12. The Labute approximate surface area is 190 Å². The van der Waals surface area contributed by atoms with Crippen molar-refractivity contribution in [1.29, 1.82) is 0 Å². The predicted molar refractivity (Wildman–Crippen MR) is 118 cm³/mol. The summed E-state index contributed by atoms with van der Waals surface area (Å²) in [6, 6.07) is 4.20. The molecule has 12 heteroatoms. The molecule has 0 aliphatic rings. The smallest absolute Gasteiger partial charge is 0.342 e. The van der Waals surface area contributed by atoms with Gasteiger partial charge in [-0.25, -0.2) is 27.3 Å². The molecular formula is C21H24N4O7S. The molecule has 2 N–H and O–H groups in total. The van der Waals surface area contributed by atoms with E-state index in [0.717, 1.165) is 4.31 Å². The molecule has 0 fully saturated rings. The third-order valence-electron chi connectivity index (χ3n) is 4.82. The molecule has 0 bridgehead atoms. The molecule has 0 saturated carbocycles. The van der Waals surface area contributed by atoms with Gasteiger partial charge in [0.05, 0.1) is 22.5 Å². The average molecular weight is 477 g/mol. The van der Waals surface area contributed by atoms with E-state index in [1.165, 1.54) is 32.3 Å². The van der Waals surface area contributed by atoms with Crippen LogP contribution in [0.25, 0.3) is 11.1 Å². The Morgan fingerprint density at radius 3 is 2.45 bits per heavy atom. The number of anilines is 1. The summed E-state index contributed by atoms with van der Waals surface area (Å²) in [5.74, 6) is -1.07. The maximum Gasteiger partial charge on any atom is 0.342 e. The van der Waals surface area contributed by atoms with Gasteiger partial charge in [0.15, 0.2) is 12.4 Å². The minimum Gasteiger partial charge on any atom is -0.462 e. The number of hydrogen-bond acceptors (Lipinski definition) is 10. The zero-order valence-corrected chi connectivity index (χ0v) is 19.6. The molecule has 0 radical (unpaired) electrons. The van der Waals surface area contributed by atoms with E-state index in [1.54, 1.807) is 20.8 Å². The largest absolute Gasteiger partial charge is 0.462 e. The van der Waals surface area contributed by atoms with E-state index in [1.807, 2.05) is 0 Å². The molecule has 0 saturated heterocycles. The number of nitrogen functional groups attached to an aromatic ring is 1. The van der Waals surface area contributed by atoms with Gasteiger partial charge in [-0.1, -0.05) is 6.07 Å². The zero-order valence-electron chi connectivity index (χ0n) is 18.8. The van der Waals surface area contributed by atoms with Crippen molar-refractivity contribution in [3.8, 4) is 0 Å². The number of carbonyl (C=O) groups excluding carboxylic acids is 2. The molecule has 0 aliphatic heterocycles. The Morgan fingerprint density at radius 1 is 1.12 bits per heavy atom. The highest BCUT2D eigenvalue weighted by molar-refractivity contribution is 7.89. The molecule has 176 valence electrons. The minimum atomic E-state index is -3.73. The van der Waals surface area contributed by atoms with Gasteiger partial charge in [-0.3, -0.25) is 0 Å². The fourth-order valence-corrected chi connectivity index (χ4v) is 4.03. The van der Waals surface area contributed by atoms with Gasteiger partial charge in [0, 0.05) is 14.1 Å². The number of aryl methyl sites for hydroxylation is 2. The molecule has 33 heavy (non-hydrogen) atoms. The van der Waals surface area contributed by atoms with Crippen molar-refractivity contribution < 1.29 is 31.9 Å². The lowest BCUT2D eigenvalue weighted by atomic mass is 10.1. The lowest BCUT2D eigenvalue weighted by Crippen LogP contribution is -2.22. The van der Waals surface area contributed by atoms with Crippen LogP contribution < -0.4 is 5.73 Å². The highest BCUT2D eigenvalue weighted by Crippen LogP contribution is 2.29. The van der Waals surface area contributed by atoms with Crippen molar-refractivity contribution in [2.75, 3.05) is 26.4 Å². The summed E-state index contributed by atoms with van der Waals surface area (Å²) < 4.78 is 41.6. The van der Waals surface area contributed by atoms with Crippen LogP contribution in [0.15, 0.2) is 27.5 Å². The molecule has 11 nitrogen and oxygen atoms in total. The Hall–Kier alpha value is -3.51. The van der Waals surface area contributed by atoms with Gasteiger partial charge in [0.2, 0.25) is 15.7 Å². The monoisotopic (exact) mass is 476 g/mol. The highest BCUT2D eigenvalue weighted by Gasteiger charge is 2.25. The number of aromatic nitrogens is 2. The summed E-state index contributed by atoms with van der Waals surface area (Å²) >= 11 is 0. The Bertz CT molecular complexity index is 1350. The summed E-state index contributed by atoms with van der Waals surface area (Å²) in [6.45, 7) is 4.74. The van der Waals surface area contributed by atoms with E-state index in [4.69, 9.17) is 19.6 Å². The predicted octanol–water partition coefficient (Wildman–Crippen LogP) is 2.21. The fraction of sp³-hybridized carbons (Fsp3) is 0.333. The van der Waals surface area contributed by atoms with Crippen LogP contribution in [0.2, 0.25) is 0 Å². The van der Waals surface area contributed by atoms with Gasteiger partial charge in [0.25, 0.3) is 0 Å². The van der Waals surface area contributed by atoms with Gasteiger partial charge in [-0.15, -0.1) is 0 Å². The number of esters is 2. The van der Waals surface area contributed by atoms with Crippen LogP contribution in [-0.2, 0) is 26.1 Å². The summed E-state index contributed by atoms with van der Waals surface area (Å²) in [5.41, 5.74) is 6.84. The van der Waals surface area contributed by atoms with Gasteiger partial charge < -0.3 is 19.6 Å². The molecule has 1 aromatic carbocycles. The normalized spacial score (nSPS) is 11.7. The van der Waals surface area contributed by atoms with Crippen LogP contribution in [0.3, 0.4) is 0 Å². The third-order valence-corrected chi connectivity index (χ3v) is 6.63. The van der Waals surface area contributed by atoms with Gasteiger partial charge >= 0.3 is 11.9 Å². The number of nitrogens with zero attached hydrogens (tertiary/aromatic N) is 3. The number of fused-ring (bicyclic) bond motifs is 1. The maximum atomic E-state index is 12.7. The van der Waals surface area contributed by atoms with Crippen molar-refractivity contribution in [2.45, 2.75) is 32.3 Å². The first-order valence-electron chi connectivity index (χ1n) is 9.90. The van der Waals surface area contributed by atoms with Crippen molar-refractivity contribution >= 4 is 38.9 Å². The summed E-state index contributed by atoms with van der Waals surface area (Å²) in [4.78, 5) is 33.1. The van der Waals surface area contributed by atoms with Crippen LogP contribution in [-0.4, -0.2) is 55.3 Å². The van der Waals surface area contributed by atoms with E-state index in [2.05, 4.69) is 9.97 Å². The van der Waals surface area contributed by atoms with E-state index < -0.39 is 22.0 Å².